The molecule has 1 atom stereocenters. The molecule has 0 bridgehead atoms. The molecule has 0 spiro atoms. The lowest BCUT2D eigenvalue weighted by Crippen LogP contribution is -2.13. The predicted octanol–water partition coefficient (Wildman–Crippen LogP) is 7.96. The van der Waals surface area contributed by atoms with Gasteiger partial charge in [-0.05, 0) is 19.3 Å². The van der Waals surface area contributed by atoms with Crippen molar-refractivity contribution in [3.8, 4) is 0 Å². The fraction of sp³-hybridized carbons (Fsp3) is 0.739. The van der Waals surface area contributed by atoms with Crippen LogP contribution in [0, 0.1) is 0 Å². The van der Waals surface area contributed by atoms with Crippen LogP contribution in [0.25, 0.3) is 0 Å². The highest BCUT2D eigenvalue weighted by molar-refractivity contribution is 7.84. The van der Waals surface area contributed by atoms with Gasteiger partial charge in [-0.15, -0.1) is 0 Å². The Hall–Kier alpha value is -0.320. The molecule has 1 aromatic rings. The van der Waals surface area contributed by atoms with Gasteiger partial charge in [-0.1, -0.05) is 96.0 Å². The van der Waals surface area contributed by atoms with Crippen LogP contribution < -0.4 is 5.30 Å². The SMILES string of the molecule is CCCCCCCCP(=O)(CP(=O)(CCCC)CCCC)c1ccccc1. The van der Waals surface area contributed by atoms with E-state index in [9.17, 15) is 9.13 Å². The summed E-state index contributed by atoms with van der Waals surface area (Å²) in [7, 11) is -4.96. The van der Waals surface area contributed by atoms with Crippen molar-refractivity contribution in [1.82, 2.24) is 0 Å². The standard InChI is InChI=1S/C23H42O2P2/c1-4-7-10-11-12-16-21-27(25,23-17-14-13-15-18-23)22-26(24,19-8-5-2)20-9-6-3/h13-15,17-18H,4-12,16,19-22H2,1-3H3. The fourth-order valence-electron chi connectivity index (χ4n) is 3.69. The summed E-state index contributed by atoms with van der Waals surface area (Å²) in [5.41, 5.74) is 0. The Kier molecular flexibility index (Phi) is 12.6. The Morgan fingerprint density at radius 2 is 1.15 bits per heavy atom. The van der Waals surface area contributed by atoms with E-state index in [1.807, 2.05) is 30.3 Å². The van der Waals surface area contributed by atoms with Crippen molar-refractivity contribution in [2.45, 2.75) is 85.0 Å². The highest BCUT2D eigenvalue weighted by Crippen LogP contribution is 2.62. The normalized spacial score (nSPS) is 14.2. The number of unbranched alkanes of at least 4 members (excludes halogenated alkanes) is 7. The molecule has 156 valence electrons. The Bertz CT molecular complexity index is 571. The molecule has 0 aliphatic rings. The topological polar surface area (TPSA) is 34.1 Å². The van der Waals surface area contributed by atoms with Crippen molar-refractivity contribution in [2.24, 2.45) is 0 Å². The summed E-state index contributed by atoms with van der Waals surface area (Å²) in [5.74, 6) is 0.457. The van der Waals surface area contributed by atoms with Crippen molar-refractivity contribution >= 4 is 19.6 Å². The Morgan fingerprint density at radius 3 is 1.70 bits per heavy atom. The van der Waals surface area contributed by atoms with E-state index in [-0.39, 0.29) is 0 Å². The first-order valence-corrected chi connectivity index (χ1v) is 15.5. The highest BCUT2D eigenvalue weighted by Gasteiger charge is 2.34. The molecular weight excluding hydrogens is 370 g/mol. The van der Waals surface area contributed by atoms with Gasteiger partial charge in [-0.2, -0.15) is 0 Å². The quantitative estimate of drug-likeness (QED) is 0.204. The minimum atomic E-state index is -2.59. The maximum atomic E-state index is 14.1. The van der Waals surface area contributed by atoms with Gasteiger partial charge in [0.2, 0.25) is 0 Å². The zero-order chi connectivity index (χ0) is 20.0. The van der Waals surface area contributed by atoms with Crippen LogP contribution in [0.4, 0.5) is 0 Å². The zero-order valence-electron chi connectivity index (χ0n) is 18.0. The molecule has 2 nitrogen and oxygen atoms in total. The summed E-state index contributed by atoms with van der Waals surface area (Å²) in [5, 5.41) is 0.951. The fourth-order valence-corrected chi connectivity index (χ4v) is 13.1. The predicted molar refractivity (Wildman–Crippen MR) is 124 cm³/mol. The molecule has 1 aromatic carbocycles. The summed E-state index contributed by atoms with van der Waals surface area (Å²) in [4.78, 5) is 0. The second kappa shape index (κ2) is 13.8. The van der Waals surface area contributed by atoms with E-state index >= 15 is 0 Å². The first-order valence-electron chi connectivity index (χ1n) is 11.2. The third-order valence-corrected chi connectivity index (χ3v) is 13.9. The second-order valence-corrected chi connectivity index (χ2v) is 15.0. The van der Waals surface area contributed by atoms with Crippen LogP contribution in [0.2, 0.25) is 0 Å². The second-order valence-electron chi connectivity index (χ2n) is 8.07. The van der Waals surface area contributed by atoms with Gasteiger partial charge in [0, 0.05) is 23.8 Å². The third kappa shape index (κ3) is 9.62. The Balaban J connectivity index is 2.89. The smallest absolute Gasteiger partial charge is 0.122 e. The first kappa shape index (κ1) is 24.7. The lowest BCUT2D eigenvalue weighted by atomic mass is 10.1. The Labute approximate surface area is 168 Å². The number of benzene rings is 1. The molecule has 0 aromatic heterocycles. The van der Waals surface area contributed by atoms with Gasteiger partial charge in [-0.3, -0.25) is 0 Å². The minimum Gasteiger partial charge on any atom is -0.323 e. The molecule has 4 heteroatoms. The number of hydrogen-bond donors (Lipinski definition) is 0. The minimum absolute atomic E-state index is 0.457. The van der Waals surface area contributed by atoms with Crippen LogP contribution in [0.3, 0.4) is 0 Å². The zero-order valence-corrected chi connectivity index (χ0v) is 19.8. The molecule has 0 fully saturated rings. The van der Waals surface area contributed by atoms with Gasteiger partial charge in [0.05, 0.1) is 13.0 Å². The summed E-state index contributed by atoms with van der Waals surface area (Å²) in [6.45, 7) is 6.53. The van der Waals surface area contributed by atoms with E-state index in [0.29, 0.717) is 5.90 Å². The molecule has 1 unspecified atom stereocenters. The molecule has 27 heavy (non-hydrogen) atoms. The molecule has 0 saturated heterocycles. The van der Waals surface area contributed by atoms with Crippen molar-refractivity contribution in [1.29, 1.82) is 0 Å². The lowest BCUT2D eigenvalue weighted by molar-refractivity contribution is 0.565. The molecule has 0 N–H and O–H groups in total. The van der Waals surface area contributed by atoms with Crippen LogP contribution in [-0.2, 0) is 9.13 Å². The average Bonchev–Trinajstić information content (AvgIpc) is 2.68. The van der Waals surface area contributed by atoms with Gasteiger partial charge in [0.1, 0.15) is 7.14 Å². The van der Waals surface area contributed by atoms with Gasteiger partial charge < -0.3 is 9.13 Å². The maximum absolute atomic E-state index is 14.1. The average molecular weight is 413 g/mol. The maximum Gasteiger partial charge on any atom is 0.122 e. The van der Waals surface area contributed by atoms with E-state index in [1.54, 1.807) is 0 Å². The van der Waals surface area contributed by atoms with Crippen LogP contribution in [0.1, 0.15) is 85.0 Å². The van der Waals surface area contributed by atoms with Crippen LogP contribution in [0.15, 0.2) is 30.3 Å². The largest absolute Gasteiger partial charge is 0.323 e. The number of rotatable bonds is 16. The van der Waals surface area contributed by atoms with Crippen molar-refractivity contribution in [3.05, 3.63) is 30.3 Å². The lowest BCUT2D eigenvalue weighted by Gasteiger charge is -2.26. The monoisotopic (exact) mass is 412 g/mol. The molecule has 0 radical (unpaired) electrons. The third-order valence-electron chi connectivity index (χ3n) is 5.42. The number of hydrogen-bond acceptors (Lipinski definition) is 2. The summed E-state index contributed by atoms with van der Waals surface area (Å²) < 4.78 is 27.8. The van der Waals surface area contributed by atoms with Gasteiger partial charge in [0.25, 0.3) is 0 Å². The van der Waals surface area contributed by atoms with Gasteiger partial charge in [0.15, 0.2) is 0 Å². The summed E-state index contributed by atoms with van der Waals surface area (Å²) >= 11 is 0. The van der Waals surface area contributed by atoms with Crippen molar-refractivity contribution in [3.63, 3.8) is 0 Å². The summed E-state index contributed by atoms with van der Waals surface area (Å²) in [6, 6.07) is 9.94. The summed E-state index contributed by atoms with van der Waals surface area (Å²) in [6.07, 6.45) is 13.6. The van der Waals surface area contributed by atoms with E-state index in [4.69, 9.17) is 0 Å². The molecule has 0 aliphatic carbocycles. The van der Waals surface area contributed by atoms with Crippen LogP contribution >= 0.6 is 14.3 Å². The first-order chi connectivity index (χ1) is 13.0. The van der Waals surface area contributed by atoms with E-state index in [0.717, 1.165) is 62.3 Å². The Morgan fingerprint density at radius 1 is 0.630 bits per heavy atom. The highest BCUT2D eigenvalue weighted by atomic mass is 31.2. The van der Waals surface area contributed by atoms with Gasteiger partial charge >= 0.3 is 0 Å². The van der Waals surface area contributed by atoms with Crippen LogP contribution in [-0.4, -0.2) is 24.4 Å². The van der Waals surface area contributed by atoms with Crippen molar-refractivity contribution < 1.29 is 9.13 Å². The molecular formula is C23H42O2P2. The molecule has 0 heterocycles. The molecule has 0 saturated carbocycles. The van der Waals surface area contributed by atoms with E-state index in [2.05, 4.69) is 20.8 Å². The molecule has 0 amide bonds. The van der Waals surface area contributed by atoms with Gasteiger partial charge in [-0.25, -0.2) is 0 Å². The van der Waals surface area contributed by atoms with Crippen LogP contribution in [0.5, 0.6) is 0 Å². The van der Waals surface area contributed by atoms with E-state index in [1.165, 1.54) is 25.7 Å². The molecule has 0 aliphatic heterocycles. The molecule has 1 rings (SSSR count). The van der Waals surface area contributed by atoms with Crippen molar-refractivity contribution in [2.75, 3.05) is 24.4 Å². The van der Waals surface area contributed by atoms with E-state index < -0.39 is 14.3 Å².